The number of thiazole rings is 1. The van der Waals surface area contributed by atoms with Gasteiger partial charge in [0, 0.05) is 49.6 Å². The van der Waals surface area contributed by atoms with E-state index in [0.29, 0.717) is 19.1 Å². The predicted molar refractivity (Wildman–Crippen MR) is 109 cm³/mol. The van der Waals surface area contributed by atoms with Crippen molar-refractivity contribution in [3.8, 4) is 0 Å². The average molecular weight is 402 g/mol. The van der Waals surface area contributed by atoms with E-state index in [1.807, 2.05) is 6.20 Å². The smallest absolute Gasteiger partial charge is 0.191 e. The summed E-state index contributed by atoms with van der Waals surface area (Å²) in [5.74, 6) is 1.07. The van der Waals surface area contributed by atoms with E-state index >= 15 is 0 Å². The lowest BCUT2D eigenvalue weighted by Crippen LogP contribution is -2.49. The Bertz CT molecular complexity index is 679. The van der Waals surface area contributed by atoms with Crippen LogP contribution in [-0.2, 0) is 22.8 Å². The van der Waals surface area contributed by atoms with E-state index < -0.39 is 9.84 Å². The van der Waals surface area contributed by atoms with Gasteiger partial charge in [-0.1, -0.05) is 6.92 Å². The third-order valence-corrected chi connectivity index (χ3v) is 6.42. The summed E-state index contributed by atoms with van der Waals surface area (Å²) in [6.45, 7) is 8.06. The molecule has 0 spiro atoms. The van der Waals surface area contributed by atoms with Gasteiger partial charge in [-0.2, -0.15) is 0 Å². The second-order valence-electron chi connectivity index (χ2n) is 6.66. The molecular formula is C17H31N5O2S2. The van der Waals surface area contributed by atoms with Crippen LogP contribution < -0.4 is 10.6 Å². The van der Waals surface area contributed by atoms with Gasteiger partial charge >= 0.3 is 0 Å². The van der Waals surface area contributed by atoms with Crippen LogP contribution in [0.4, 0.5) is 0 Å². The van der Waals surface area contributed by atoms with Crippen LogP contribution in [0.2, 0.25) is 0 Å². The minimum atomic E-state index is -2.89. The Morgan fingerprint density at radius 1 is 1.38 bits per heavy atom. The van der Waals surface area contributed by atoms with Crippen molar-refractivity contribution in [2.45, 2.75) is 45.7 Å². The van der Waals surface area contributed by atoms with Gasteiger partial charge in [0.2, 0.25) is 0 Å². The molecule has 2 rings (SSSR count). The van der Waals surface area contributed by atoms with Crippen LogP contribution in [0.3, 0.4) is 0 Å². The number of piperidine rings is 1. The van der Waals surface area contributed by atoms with Gasteiger partial charge in [-0.15, -0.1) is 11.3 Å². The number of aryl methyl sites for hydroxylation is 1. The summed E-state index contributed by atoms with van der Waals surface area (Å²) in [5.41, 5.74) is 0. The van der Waals surface area contributed by atoms with Crippen LogP contribution in [0.5, 0.6) is 0 Å². The number of aromatic nitrogens is 1. The number of hydrogen-bond acceptors (Lipinski definition) is 6. The Labute approximate surface area is 161 Å². The molecule has 9 heteroatoms. The van der Waals surface area contributed by atoms with Crippen molar-refractivity contribution in [1.82, 2.24) is 20.5 Å². The van der Waals surface area contributed by atoms with Gasteiger partial charge < -0.3 is 15.5 Å². The van der Waals surface area contributed by atoms with Crippen LogP contribution in [-0.4, -0.2) is 68.5 Å². The lowest BCUT2D eigenvalue weighted by atomic mass is 10.1. The molecular weight excluding hydrogens is 370 g/mol. The number of guanidine groups is 1. The fourth-order valence-corrected chi connectivity index (χ4v) is 4.22. The zero-order valence-corrected chi connectivity index (χ0v) is 17.6. The third-order valence-electron chi connectivity index (χ3n) is 4.37. The maximum Gasteiger partial charge on any atom is 0.191 e. The molecule has 1 aliphatic heterocycles. The van der Waals surface area contributed by atoms with Gasteiger partial charge in [0.05, 0.1) is 12.3 Å². The van der Waals surface area contributed by atoms with Gasteiger partial charge in [0.25, 0.3) is 0 Å². The molecule has 7 nitrogen and oxygen atoms in total. The molecule has 1 aromatic rings. The average Bonchev–Trinajstić information content (AvgIpc) is 3.07. The van der Waals surface area contributed by atoms with Crippen LogP contribution in [0, 0.1) is 0 Å². The van der Waals surface area contributed by atoms with Crippen molar-refractivity contribution in [2.75, 3.05) is 38.2 Å². The Hall–Kier alpha value is -1.19. The second-order valence-corrected chi connectivity index (χ2v) is 10.1. The summed E-state index contributed by atoms with van der Waals surface area (Å²) in [6.07, 6.45) is 6.23. The standard InChI is InChI=1S/C17H31N5O2S2/c1-4-15-12-19-16(25-15)13-20-17(18-5-2)21-14-6-8-22(9-7-14)10-11-26(3,23)24/h12,14H,4-11,13H2,1-3H3,(H2,18,20,21). The van der Waals surface area contributed by atoms with Gasteiger partial charge in [0.15, 0.2) is 5.96 Å². The van der Waals surface area contributed by atoms with E-state index in [0.717, 1.165) is 49.9 Å². The Morgan fingerprint density at radius 2 is 2.12 bits per heavy atom. The normalized spacial score (nSPS) is 17.4. The van der Waals surface area contributed by atoms with E-state index in [-0.39, 0.29) is 5.75 Å². The van der Waals surface area contributed by atoms with Crippen LogP contribution in [0.1, 0.15) is 36.6 Å². The molecule has 0 amide bonds. The number of sulfone groups is 1. The van der Waals surface area contributed by atoms with Crippen LogP contribution >= 0.6 is 11.3 Å². The molecule has 0 radical (unpaired) electrons. The van der Waals surface area contributed by atoms with E-state index in [9.17, 15) is 8.42 Å². The zero-order valence-electron chi connectivity index (χ0n) is 16.0. The van der Waals surface area contributed by atoms with Gasteiger partial charge in [-0.25, -0.2) is 18.4 Å². The van der Waals surface area contributed by atoms with E-state index in [1.165, 1.54) is 11.1 Å². The Balaban J connectivity index is 1.81. The SMILES string of the molecule is CCNC(=NCc1ncc(CC)s1)NC1CCN(CCS(C)(=O)=O)CC1. The summed E-state index contributed by atoms with van der Waals surface area (Å²) < 4.78 is 22.6. The van der Waals surface area contributed by atoms with Crippen LogP contribution in [0.15, 0.2) is 11.2 Å². The van der Waals surface area contributed by atoms with E-state index in [1.54, 1.807) is 11.3 Å². The molecule has 148 valence electrons. The highest BCUT2D eigenvalue weighted by molar-refractivity contribution is 7.90. The first-order chi connectivity index (χ1) is 12.4. The first-order valence-corrected chi connectivity index (χ1v) is 12.2. The maximum atomic E-state index is 11.3. The van der Waals surface area contributed by atoms with Gasteiger partial charge in [0.1, 0.15) is 14.8 Å². The highest BCUT2D eigenvalue weighted by atomic mass is 32.2. The molecule has 0 unspecified atom stereocenters. The minimum absolute atomic E-state index is 0.239. The van der Waals surface area contributed by atoms with Gasteiger partial charge in [-0.3, -0.25) is 0 Å². The first-order valence-electron chi connectivity index (χ1n) is 9.28. The summed E-state index contributed by atoms with van der Waals surface area (Å²) in [6, 6.07) is 0.366. The number of aliphatic imine (C=N–C) groups is 1. The monoisotopic (exact) mass is 401 g/mol. The van der Waals surface area contributed by atoms with Crippen molar-refractivity contribution < 1.29 is 8.42 Å². The van der Waals surface area contributed by atoms with Crippen molar-refractivity contribution in [2.24, 2.45) is 4.99 Å². The quantitative estimate of drug-likeness (QED) is 0.504. The molecule has 2 heterocycles. The molecule has 0 bridgehead atoms. The topological polar surface area (TPSA) is 86.7 Å². The summed E-state index contributed by atoms with van der Waals surface area (Å²) in [5, 5.41) is 7.85. The first kappa shape index (κ1) is 21.1. The molecule has 1 saturated heterocycles. The molecule has 0 saturated carbocycles. The number of likely N-dealkylation sites (tertiary alicyclic amines) is 1. The lowest BCUT2D eigenvalue weighted by Gasteiger charge is -2.32. The highest BCUT2D eigenvalue weighted by Crippen LogP contribution is 2.14. The molecule has 0 aromatic carbocycles. The maximum absolute atomic E-state index is 11.3. The Kier molecular flexibility index (Phi) is 8.30. The summed E-state index contributed by atoms with van der Waals surface area (Å²) in [7, 11) is -2.89. The van der Waals surface area contributed by atoms with Crippen molar-refractivity contribution in [1.29, 1.82) is 0 Å². The number of nitrogens with zero attached hydrogens (tertiary/aromatic N) is 3. The summed E-state index contributed by atoms with van der Waals surface area (Å²) in [4.78, 5) is 12.6. The molecule has 26 heavy (non-hydrogen) atoms. The largest absolute Gasteiger partial charge is 0.357 e. The molecule has 1 fully saturated rings. The third kappa shape index (κ3) is 7.59. The molecule has 0 aliphatic carbocycles. The number of rotatable bonds is 8. The van der Waals surface area contributed by atoms with Crippen LogP contribution in [0.25, 0.3) is 0 Å². The number of nitrogens with one attached hydrogen (secondary N) is 2. The van der Waals surface area contributed by atoms with Gasteiger partial charge in [-0.05, 0) is 26.2 Å². The van der Waals surface area contributed by atoms with E-state index in [4.69, 9.17) is 0 Å². The Morgan fingerprint density at radius 3 is 2.69 bits per heavy atom. The van der Waals surface area contributed by atoms with Crippen molar-refractivity contribution >= 4 is 27.1 Å². The van der Waals surface area contributed by atoms with Crippen molar-refractivity contribution in [3.05, 3.63) is 16.1 Å². The molecule has 0 atom stereocenters. The molecule has 1 aliphatic rings. The second kappa shape index (κ2) is 10.2. The minimum Gasteiger partial charge on any atom is -0.357 e. The molecule has 1 aromatic heterocycles. The lowest BCUT2D eigenvalue weighted by molar-refractivity contribution is 0.216. The van der Waals surface area contributed by atoms with Crippen molar-refractivity contribution in [3.63, 3.8) is 0 Å². The van der Waals surface area contributed by atoms with E-state index in [2.05, 4.69) is 39.4 Å². The highest BCUT2D eigenvalue weighted by Gasteiger charge is 2.20. The summed E-state index contributed by atoms with van der Waals surface area (Å²) >= 11 is 1.72. The molecule has 2 N–H and O–H groups in total. The zero-order chi connectivity index (χ0) is 19.0. The number of hydrogen-bond donors (Lipinski definition) is 2. The predicted octanol–water partition coefficient (Wildman–Crippen LogP) is 1.27. The fraction of sp³-hybridized carbons (Fsp3) is 0.765. The fourth-order valence-electron chi connectivity index (χ4n) is 2.84.